The zero-order chi connectivity index (χ0) is 55.9. The molecule has 5 aliphatic rings. The van der Waals surface area contributed by atoms with Gasteiger partial charge in [0.05, 0.1) is 5.69 Å². The van der Waals surface area contributed by atoms with E-state index in [0.29, 0.717) is 5.56 Å². The molecule has 2 aliphatic heterocycles. The highest BCUT2D eigenvalue weighted by atomic mass is 15.2. The minimum absolute atomic E-state index is 0.0199. The molecule has 0 bridgehead atoms. The Morgan fingerprint density at radius 1 is 0.474 bits per heavy atom. The van der Waals surface area contributed by atoms with Crippen LogP contribution in [0.2, 0.25) is 0 Å². The van der Waals surface area contributed by atoms with Crippen molar-refractivity contribution < 1.29 is 4.11 Å². The van der Waals surface area contributed by atoms with Crippen LogP contribution < -0.4 is 31.1 Å². The van der Waals surface area contributed by atoms with Gasteiger partial charge < -0.3 is 14.7 Å². The van der Waals surface area contributed by atoms with Crippen LogP contribution in [0.1, 0.15) is 163 Å². The molecule has 0 radical (unpaired) electrons. The molecule has 0 fully saturated rings. The van der Waals surface area contributed by atoms with Gasteiger partial charge >= 0.3 is 0 Å². The van der Waals surface area contributed by atoms with E-state index >= 15 is 0 Å². The molecule has 0 amide bonds. The molecular formula is C72H76BN3. The first-order chi connectivity index (χ1) is 37.1. The van der Waals surface area contributed by atoms with E-state index < -0.39 is 6.85 Å². The summed E-state index contributed by atoms with van der Waals surface area (Å²) in [6, 6.07) is 56.4. The third kappa shape index (κ3) is 7.00. The first kappa shape index (κ1) is 45.4. The Hall–Kier alpha value is -6.78. The van der Waals surface area contributed by atoms with Crippen molar-refractivity contribution in [3.8, 4) is 11.1 Å². The lowest BCUT2D eigenvalue weighted by Crippen LogP contribution is -2.61. The number of hydrogen-bond acceptors (Lipinski definition) is 3. The average Bonchev–Trinajstić information content (AvgIpc) is 2.75. The summed E-state index contributed by atoms with van der Waals surface area (Å²) in [6.07, 6.45) is 3.24. The van der Waals surface area contributed by atoms with Gasteiger partial charge in [-0.2, -0.15) is 0 Å². The zero-order valence-corrected chi connectivity index (χ0v) is 47.5. The Morgan fingerprint density at radius 2 is 1.01 bits per heavy atom. The summed E-state index contributed by atoms with van der Waals surface area (Å²) in [5, 5.41) is 0. The Balaban J connectivity index is 1.19. The molecule has 3 nitrogen and oxygen atoms in total. The maximum Gasteiger partial charge on any atom is 0.252 e. The smallest absolute Gasteiger partial charge is 0.252 e. The number of fused-ring (bicyclic) bond motifs is 9. The van der Waals surface area contributed by atoms with Crippen molar-refractivity contribution in [2.75, 3.05) is 14.7 Å². The normalized spacial score (nSPS) is 19.0. The van der Waals surface area contributed by atoms with E-state index in [4.69, 9.17) is 0 Å². The van der Waals surface area contributed by atoms with Crippen molar-refractivity contribution in [2.45, 2.75) is 156 Å². The van der Waals surface area contributed by atoms with Crippen molar-refractivity contribution in [1.82, 2.24) is 0 Å². The Morgan fingerprint density at radius 3 is 1.63 bits per heavy atom. The van der Waals surface area contributed by atoms with E-state index in [9.17, 15) is 4.11 Å². The van der Waals surface area contributed by atoms with Crippen LogP contribution in [-0.4, -0.2) is 6.71 Å². The van der Waals surface area contributed by atoms with Crippen molar-refractivity contribution in [3.63, 3.8) is 0 Å². The third-order valence-corrected chi connectivity index (χ3v) is 18.9. The monoisotopic (exact) mass is 997 g/mol. The Bertz CT molecular complexity index is 3820. The summed E-state index contributed by atoms with van der Waals surface area (Å²) in [4.78, 5) is 7.39. The highest BCUT2D eigenvalue weighted by Crippen LogP contribution is 2.58. The SMILES string of the molecule is [2H]C([2H])([2H])c1cc2c3c(c1)N(c1ccc4c(c1C(C)(C)C)C(C)(C)c1ccccc1-4)c1cc(N(c4ccccc4)c4ccccc4)ccc1B3c1cc3c(cc1N2c1cc2c(cc1C)C(C)(C)CCC2(C)C)C(C)(C)CC3(C)C. The van der Waals surface area contributed by atoms with Crippen LogP contribution in [0.4, 0.5) is 51.2 Å². The molecule has 8 aromatic carbocycles. The second-order valence-corrected chi connectivity index (χ2v) is 27.4. The summed E-state index contributed by atoms with van der Waals surface area (Å²) in [5.41, 5.74) is 25.7. The minimum atomic E-state index is -2.42. The van der Waals surface area contributed by atoms with Gasteiger partial charge in [0.2, 0.25) is 0 Å². The van der Waals surface area contributed by atoms with Crippen molar-refractivity contribution >= 4 is 74.3 Å². The predicted octanol–water partition coefficient (Wildman–Crippen LogP) is 17.8. The second kappa shape index (κ2) is 16.1. The van der Waals surface area contributed by atoms with Crippen LogP contribution in [0.5, 0.6) is 0 Å². The molecule has 8 aromatic rings. The molecule has 0 saturated carbocycles. The van der Waals surface area contributed by atoms with E-state index in [0.717, 1.165) is 75.9 Å². The van der Waals surface area contributed by atoms with Crippen molar-refractivity contribution in [3.05, 3.63) is 202 Å². The lowest BCUT2D eigenvalue weighted by molar-refractivity contribution is 0.332. The second-order valence-electron chi connectivity index (χ2n) is 27.4. The minimum Gasteiger partial charge on any atom is -0.311 e. The molecule has 2 heterocycles. The molecule has 382 valence electrons. The molecular weight excluding hydrogens is 918 g/mol. The first-order valence-corrected chi connectivity index (χ1v) is 28.1. The van der Waals surface area contributed by atoms with E-state index in [1.807, 2.05) is 0 Å². The van der Waals surface area contributed by atoms with Gasteiger partial charge in [-0.1, -0.05) is 175 Å². The van der Waals surface area contributed by atoms with Gasteiger partial charge in [0.25, 0.3) is 6.71 Å². The van der Waals surface area contributed by atoms with Crippen molar-refractivity contribution in [1.29, 1.82) is 0 Å². The molecule has 0 spiro atoms. The lowest BCUT2D eigenvalue weighted by atomic mass is 9.33. The van der Waals surface area contributed by atoms with Gasteiger partial charge in [-0.15, -0.1) is 0 Å². The molecule has 76 heavy (non-hydrogen) atoms. The van der Waals surface area contributed by atoms with Crippen LogP contribution >= 0.6 is 0 Å². The molecule has 0 N–H and O–H groups in total. The summed E-state index contributed by atoms with van der Waals surface area (Å²) in [6.45, 7) is 30.8. The largest absolute Gasteiger partial charge is 0.311 e. The molecule has 0 unspecified atom stereocenters. The Kier molecular flexibility index (Phi) is 9.64. The van der Waals surface area contributed by atoms with E-state index in [1.54, 1.807) is 0 Å². The zero-order valence-electron chi connectivity index (χ0n) is 50.5. The van der Waals surface area contributed by atoms with Gasteiger partial charge in [0.15, 0.2) is 0 Å². The van der Waals surface area contributed by atoms with Gasteiger partial charge in [0, 0.05) is 55.0 Å². The summed E-state index contributed by atoms with van der Waals surface area (Å²) < 4.78 is 28.4. The van der Waals surface area contributed by atoms with Crippen LogP contribution in [0.25, 0.3) is 11.1 Å². The number of rotatable bonds is 5. The fourth-order valence-corrected chi connectivity index (χ4v) is 15.5. The third-order valence-electron chi connectivity index (χ3n) is 18.9. The molecule has 0 aromatic heterocycles. The number of para-hydroxylation sites is 2. The maximum atomic E-state index is 9.46. The fraction of sp³-hybridized carbons (Fsp3) is 0.333. The van der Waals surface area contributed by atoms with E-state index in [2.05, 4.69) is 263 Å². The van der Waals surface area contributed by atoms with Crippen LogP contribution in [0, 0.1) is 13.8 Å². The first-order valence-electron chi connectivity index (χ1n) is 29.6. The van der Waals surface area contributed by atoms with Crippen molar-refractivity contribution in [2.24, 2.45) is 0 Å². The molecule has 0 atom stereocenters. The Labute approximate surface area is 459 Å². The van der Waals surface area contributed by atoms with Crippen LogP contribution in [0.3, 0.4) is 0 Å². The van der Waals surface area contributed by atoms with Gasteiger partial charge in [0.1, 0.15) is 0 Å². The number of nitrogens with zero attached hydrogens (tertiary/aromatic N) is 3. The van der Waals surface area contributed by atoms with Crippen LogP contribution in [0.15, 0.2) is 152 Å². The van der Waals surface area contributed by atoms with E-state index in [-0.39, 0.29) is 39.2 Å². The summed E-state index contributed by atoms with van der Waals surface area (Å²) in [7, 11) is 0. The number of benzene rings is 8. The number of anilines is 9. The fourth-order valence-electron chi connectivity index (χ4n) is 15.5. The average molecular weight is 997 g/mol. The topological polar surface area (TPSA) is 9.72 Å². The van der Waals surface area contributed by atoms with E-state index in [1.165, 1.54) is 66.6 Å². The number of aryl methyl sites for hydroxylation is 2. The molecule has 0 saturated heterocycles. The maximum absolute atomic E-state index is 9.46. The summed E-state index contributed by atoms with van der Waals surface area (Å²) >= 11 is 0. The quantitative estimate of drug-likeness (QED) is 0.159. The molecule has 13 rings (SSSR count). The van der Waals surface area contributed by atoms with Gasteiger partial charge in [-0.3, -0.25) is 0 Å². The summed E-state index contributed by atoms with van der Waals surface area (Å²) in [5.74, 6) is 0. The lowest BCUT2D eigenvalue weighted by Gasteiger charge is -2.47. The highest BCUT2D eigenvalue weighted by molar-refractivity contribution is 7.00. The van der Waals surface area contributed by atoms with Gasteiger partial charge in [-0.05, 0) is 204 Å². The predicted molar refractivity (Wildman–Crippen MR) is 327 cm³/mol. The van der Waals surface area contributed by atoms with Crippen LogP contribution in [-0.2, 0) is 32.5 Å². The van der Waals surface area contributed by atoms with Gasteiger partial charge in [-0.25, -0.2) is 0 Å². The molecule has 4 heteroatoms. The number of hydrogen-bond donors (Lipinski definition) is 0. The highest BCUT2D eigenvalue weighted by Gasteiger charge is 2.50. The molecule has 3 aliphatic carbocycles. The standard InChI is InChI=1S/C72H76BN3/c1-44-36-62-66-63(37-44)76(59-41-54-52(38-45(59)2)68(6,7)34-35-69(54,8)9)61-42-55-53(70(10,11)43-71(55,12)13)40-57(61)73(66)56-32-30-48(74(46-24-18-16-19-25-46)47-26-20-17-21-27-47)39-60(56)75(62)58-33-31-50-49-28-22-23-29-51(49)72(14,15)64(50)65(58)67(3,4)5/h16-33,36-42H,34-35,43H2,1-15H3/i1D3.